The molecule has 2 heterocycles. The summed E-state index contributed by atoms with van der Waals surface area (Å²) < 4.78 is 1.94. The van der Waals surface area contributed by atoms with Gasteiger partial charge in [0.2, 0.25) is 0 Å². The van der Waals surface area contributed by atoms with E-state index in [0.717, 1.165) is 24.5 Å². The van der Waals surface area contributed by atoms with E-state index in [9.17, 15) is 0 Å². The molecule has 4 heteroatoms. The molecule has 0 radical (unpaired) electrons. The zero-order valence-electron chi connectivity index (χ0n) is 8.72. The molecule has 78 valence electrons. The lowest BCUT2D eigenvalue weighted by Crippen LogP contribution is -2.05. The van der Waals surface area contributed by atoms with Gasteiger partial charge >= 0.3 is 0 Å². The van der Waals surface area contributed by atoms with E-state index in [2.05, 4.69) is 16.9 Å². The first-order chi connectivity index (χ1) is 7.33. The largest absolute Gasteiger partial charge is 0.396 e. The number of pyridine rings is 1. The van der Waals surface area contributed by atoms with Crippen LogP contribution in [-0.4, -0.2) is 14.5 Å². The van der Waals surface area contributed by atoms with Gasteiger partial charge in [0.05, 0.1) is 5.69 Å². The number of anilines is 1. The van der Waals surface area contributed by atoms with Gasteiger partial charge in [-0.2, -0.15) is 0 Å². The highest BCUT2D eigenvalue weighted by Gasteiger charge is 2.07. The summed E-state index contributed by atoms with van der Waals surface area (Å²) in [6, 6.07) is 3.67. The standard InChI is InChI=1S/C11H14N4/c1-2-4-10-13-7-8-15(10)11-9(12)5-3-6-14-11/h3,5-8H,2,4,12H2,1H3. The number of rotatable bonds is 3. The van der Waals surface area contributed by atoms with Gasteiger partial charge in [0.25, 0.3) is 0 Å². The van der Waals surface area contributed by atoms with Crippen molar-refractivity contribution in [1.82, 2.24) is 14.5 Å². The minimum atomic E-state index is 0.674. The summed E-state index contributed by atoms with van der Waals surface area (Å²) in [6.07, 6.45) is 7.40. The Hall–Kier alpha value is -1.84. The number of aryl methyl sites for hydroxylation is 1. The number of nitrogen functional groups attached to an aromatic ring is 1. The molecule has 0 aliphatic carbocycles. The van der Waals surface area contributed by atoms with Crippen LogP contribution in [0.1, 0.15) is 19.2 Å². The molecule has 4 nitrogen and oxygen atoms in total. The molecule has 2 N–H and O–H groups in total. The molecule has 2 rings (SSSR count). The molecule has 0 bridgehead atoms. The third kappa shape index (κ3) is 1.83. The first-order valence-corrected chi connectivity index (χ1v) is 5.06. The third-order valence-electron chi connectivity index (χ3n) is 2.24. The number of nitrogens with two attached hydrogens (primary N) is 1. The first-order valence-electron chi connectivity index (χ1n) is 5.06. The van der Waals surface area contributed by atoms with Crippen LogP contribution < -0.4 is 5.73 Å². The second-order valence-electron chi connectivity index (χ2n) is 3.38. The van der Waals surface area contributed by atoms with Crippen molar-refractivity contribution in [3.8, 4) is 5.82 Å². The maximum absolute atomic E-state index is 5.87. The molecule has 0 spiro atoms. The van der Waals surface area contributed by atoms with Crippen molar-refractivity contribution >= 4 is 5.69 Å². The van der Waals surface area contributed by atoms with Crippen molar-refractivity contribution in [1.29, 1.82) is 0 Å². The van der Waals surface area contributed by atoms with Crippen LogP contribution in [0.5, 0.6) is 0 Å². The maximum Gasteiger partial charge on any atom is 0.161 e. The fraction of sp³-hybridized carbons (Fsp3) is 0.273. The van der Waals surface area contributed by atoms with E-state index < -0.39 is 0 Å². The molecule has 0 saturated carbocycles. The van der Waals surface area contributed by atoms with Crippen molar-refractivity contribution in [3.05, 3.63) is 36.5 Å². The van der Waals surface area contributed by atoms with Crippen LogP contribution in [-0.2, 0) is 6.42 Å². The molecule has 0 aromatic carbocycles. The predicted octanol–water partition coefficient (Wildman–Crippen LogP) is 1.80. The van der Waals surface area contributed by atoms with Crippen molar-refractivity contribution in [2.24, 2.45) is 0 Å². The first kappa shape index (κ1) is 9.71. The van der Waals surface area contributed by atoms with E-state index in [0.29, 0.717) is 5.69 Å². The Kier molecular flexibility index (Phi) is 2.67. The molecule has 15 heavy (non-hydrogen) atoms. The Morgan fingerprint density at radius 1 is 1.33 bits per heavy atom. The average molecular weight is 202 g/mol. The van der Waals surface area contributed by atoms with E-state index in [1.807, 2.05) is 22.9 Å². The van der Waals surface area contributed by atoms with Gasteiger partial charge in [-0.1, -0.05) is 6.92 Å². The van der Waals surface area contributed by atoms with E-state index in [-0.39, 0.29) is 0 Å². The third-order valence-corrected chi connectivity index (χ3v) is 2.24. The van der Waals surface area contributed by atoms with Crippen LogP contribution in [0, 0.1) is 0 Å². The summed E-state index contributed by atoms with van der Waals surface area (Å²) in [5, 5.41) is 0. The van der Waals surface area contributed by atoms with Crippen LogP contribution in [0.15, 0.2) is 30.7 Å². The second kappa shape index (κ2) is 4.13. The predicted molar refractivity (Wildman–Crippen MR) is 59.8 cm³/mol. The Balaban J connectivity index is 2.45. The normalized spacial score (nSPS) is 10.5. The molecule has 2 aromatic heterocycles. The fourth-order valence-electron chi connectivity index (χ4n) is 1.55. The minimum absolute atomic E-state index is 0.674. The van der Waals surface area contributed by atoms with Gasteiger partial charge in [-0.25, -0.2) is 9.97 Å². The highest BCUT2D eigenvalue weighted by molar-refractivity contribution is 5.52. The Morgan fingerprint density at radius 3 is 2.93 bits per heavy atom. The molecule has 0 atom stereocenters. The van der Waals surface area contributed by atoms with Crippen LogP contribution in [0.25, 0.3) is 5.82 Å². The molecule has 2 aromatic rings. The van der Waals surface area contributed by atoms with E-state index in [1.54, 1.807) is 12.4 Å². The Bertz CT molecular complexity index is 447. The zero-order chi connectivity index (χ0) is 10.7. The molecule has 0 aliphatic heterocycles. The quantitative estimate of drug-likeness (QED) is 0.825. The molecule has 0 aliphatic rings. The van der Waals surface area contributed by atoms with Crippen molar-refractivity contribution in [2.45, 2.75) is 19.8 Å². The van der Waals surface area contributed by atoms with Crippen LogP contribution in [0.4, 0.5) is 5.69 Å². The van der Waals surface area contributed by atoms with Gasteiger partial charge in [0.15, 0.2) is 5.82 Å². The van der Waals surface area contributed by atoms with Crippen molar-refractivity contribution < 1.29 is 0 Å². The average Bonchev–Trinajstić information content (AvgIpc) is 2.67. The molecule has 0 unspecified atom stereocenters. The van der Waals surface area contributed by atoms with Gasteiger partial charge in [-0.3, -0.25) is 4.57 Å². The summed E-state index contributed by atoms with van der Waals surface area (Å²) in [6.45, 7) is 2.13. The van der Waals surface area contributed by atoms with Gasteiger partial charge in [-0.15, -0.1) is 0 Å². The lowest BCUT2D eigenvalue weighted by Gasteiger charge is -2.07. The topological polar surface area (TPSA) is 56.7 Å². The van der Waals surface area contributed by atoms with E-state index in [4.69, 9.17) is 5.73 Å². The van der Waals surface area contributed by atoms with Gasteiger partial charge in [-0.05, 0) is 18.6 Å². The highest BCUT2D eigenvalue weighted by atomic mass is 15.1. The van der Waals surface area contributed by atoms with Crippen molar-refractivity contribution in [3.63, 3.8) is 0 Å². The SMILES string of the molecule is CCCc1nccn1-c1ncccc1N. The molecule has 0 fully saturated rings. The lowest BCUT2D eigenvalue weighted by atomic mass is 10.3. The molecular formula is C11H14N4. The minimum Gasteiger partial charge on any atom is -0.396 e. The van der Waals surface area contributed by atoms with Crippen molar-refractivity contribution in [2.75, 3.05) is 5.73 Å². The van der Waals surface area contributed by atoms with Gasteiger partial charge < -0.3 is 5.73 Å². The number of nitrogens with zero attached hydrogens (tertiary/aromatic N) is 3. The molecular weight excluding hydrogens is 188 g/mol. The zero-order valence-corrected chi connectivity index (χ0v) is 8.72. The van der Waals surface area contributed by atoms with Crippen LogP contribution in [0.2, 0.25) is 0 Å². The number of aromatic nitrogens is 3. The number of hydrogen-bond acceptors (Lipinski definition) is 3. The maximum atomic E-state index is 5.87. The smallest absolute Gasteiger partial charge is 0.161 e. The molecule has 0 saturated heterocycles. The van der Waals surface area contributed by atoms with Crippen LogP contribution in [0.3, 0.4) is 0 Å². The van der Waals surface area contributed by atoms with E-state index in [1.165, 1.54) is 0 Å². The Labute approximate surface area is 88.8 Å². The lowest BCUT2D eigenvalue weighted by molar-refractivity contribution is 0.799. The summed E-state index contributed by atoms with van der Waals surface area (Å²) >= 11 is 0. The highest BCUT2D eigenvalue weighted by Crippen LogP contribution is 2.15. The summed E-state index contributed by atoms with van der Waals surface area (Å²) in [5.41, 5.74) is 6.54. The van der Waals surface area contributed by atoms with Crippen LogP contribution >= 0.6 is 0 Å². The Morgan fingerprint density at radius 2 is 2.20 bits per heavy atom. The summed E-state index contributed by atoms with van der Waals surface area (Å²) in [7, 11) is 0. The summed E-state index contributed by atoms with van der Waals surface area (Å²) in [5.74, 6) is 1.77. The molecule has 0 amide bonds. The number of imidazole rings is 1. The van der Waals surface area contributed by atoms with Gasteiger partial charge in [0.1, 0.15) is 5.82 Å². The fourth-order valence-corrected chi connectivity index (χ4v) is 1.55. The number of hydrogen-bond donors (Lipinski definition) is 1. The van der Waals surface area contributed by atoms with E-state index >= 15 is 0 Å². The second-order valence-corrected chi connectivity index (χ2v) is 3.38. The monoisotopic (exact) mass is 202 g/mol. The van der Waals surface area contributed by atoms with Gasteiger partial charge in [0, 0.05) is 25.0 Å². The summed E-state index contributed by atoms with van der Waals surface area (Å²) in [4.78, 5) is 8.55.